The zero-order chi connectivity index (χ0) is 10.6. The van der Waals surface area contributed by atoms with Crippen LogP contribution in [0.4, 0.5) is 0 Å². The molecule has 0 aromatic heterocycles. The standard InChI is InChI=1S/C12H18N2/c1-9(2)8-14-11(4)12-6-5-7-13-10(12)3/h5-7,9,13-14H,3-4,8H2,1-2H3. The van der Waals surface area contributed by atoms with Crippen LogP contribution in [0.25, 0.3) is 0 Å². The van der Waals surface area contributed by atoms with Crippen molar-refractivity contribution in [2.75, 3.05) is 6.54 Å². The Bertz CT molecular complexity index is 295. The molecule has 76 valence electrons. The van der Waals surface area contributed by atoms with E-state index < -0.39 is 0 Å². The van der Waals surface area contributed by atoms with Crippen molar-refractivity contribution in [3.63, 3.8) is 0 Å². The third-order valence-corrected chi connectivity index (χ3v) is 1.99. The van der Waals surface area contributed by atoms with Crippen LogP contribution < -0.4 is 10.6 Å². The second-order valence-corrected chi connectivity index (χ2v) is 3.82. The molecule has 1 aliphatic rings. The monoisotopic (exact) mass is 190 g/mol. The fourth-order valence-electron chi connectivity index (χ4n) is 1.18. The first-order chi connectivity index (χ1) is 6.61. The van der Waals surface area contributed by atoms with Gasteiger partial charge < -0.3 is 10.6 Å². The Kier molecular flexibility index (Phi) is 3.57. The molecule has 0 spiro atoms. The van der Waals surface area contributed by atoms with Crippen LogP contribution in [0.5, 0.6) is 0 Å². The van der Waals surface area contributed by atoms with Gasteiger partial charge in [-0.25, -0.2) is 0 Å². The lowest BCUT2D eigenvalue weighted by Gasteiger charge is -2.18. The molecule has 0 aromatic carbocycles. The Balaban J connectivity index is 2.55. The van der Waals surface area contributed by atoms with E-state index >= 15 is 0 Å². The Morgan fingerprint density at radius 1 is 1.57 bits per heavy atom. The normalized spacial score (nSPS) is 15.1. The predicted molar refractivity (Wildman–Crippen MR) is 61.5 cm³/mol. The van der Waals surface area contributed by atoms with Gasteiger partial charge in [-0.3, -0.25) is 0 Å². The molecule has 0 aromatic rings. The summed E-state index contributed by atoms with van der Waals surface area (Å²) in [6.07, 6.45) is 5.82. The zero-order valence-corrected chi connectivity index (χ0v) is 8.93. The van der Waals surface area contributed by atoms with Crippen LogP contribution >= 0.6 is 0 Å². The zero-order valence-electron chi connectivity index (χ0n) is 8.93. The number of nitrogens with one attached hydrogen (secondary N) is 2. The molecule has 0 bridgehead atoms. The predicted octanol–water partition coefficient (Wildman–Crippen LogP) is 2.30. The Labute approximate surface area is 86.1 Å². The van der Waals surface area contributed by atoms with Gasteiger partial charge in [-0.05, 0) is 18.1 Å². The Morgan fingerprint density at radius 2 is 2.29 bits per heavy atom. The summed E-state index contributed by atoms with van der Waals surface area (Å²) < 4.78 is 0. The first kappa shape index (κ1) is 10.6. The molecule has 1 heterocycles. The third kappa shape index (κ3) is 2.80. The summed E-state index contributed by atoms with van der Waals surface area (Å²) in [4.78, 5) is 0. The summed E-state index contributed by atoms with van der Waals surface area (Å²) in [5, 5.41) is 6.34. The van der Waals surface area contributed by atoms with Crippen LogP contribution in [0, 0.1) is 5.92 Å². The maximum atomic E-state index is 3.99. The largest absolute Gasteiger partial charge is 0.385 e. The van der Waals surface area contributed by atoms with Crippen LogP contribution in [0.15, 0.2) is 48.5 Å². The van der Waals surface area contributed by atoms with E-state index in [1.54, 1.807) is 0 Å². The van der Waals surface area contributed by atoms with Gasteiger partial charge in [0.25, 0.3) is 0 Å². The van der Waals surface area contributed by atoms with Crippen molar-refractivity contribution in [1.82, 2.24) is 10.6 Å². The van der Waals surface area contributed by atoms with Crippen molar-refractivity contribution in [2.24, 2.45) is 5.92 Å². The minimum atomic E-state index is 0.618. The lowest BCUT2D eigenvalue weighted by atomic mass is 10.1. The van der Waals surface area contributed by atoms with Gasteiger partial charge in [0.2, 0.25) is 0 Å². The van der Waals surface area contributed by atoms with Gasteiger partial charge in [0, 0.05) is 29.7 Å². The van der Waals surface area contributed by atoms with Gasteiger partial charge >= 0.3 is 0 Å². The molecule has 0 aliphatic carbocycles. The van der Waals surface area contributed by atoms with Gasteiger partial charge in [-0.2, -0.15) is 0 Å². The first-order valence-electron chi connectivity index (χ1n) is 4.87. The number of hydrogen-bond acceptors (Lipinski definition) is 2. The summed E-state index contributed by atoms with van der Waals surface area (Å²) >= 11 is 0. The highest BCUT2D eigenvalue weighted by atomic mass is 14.9. The molecule has 2 heteroatoms. The molecular formula is C12H18N2. The van der Waals surface area contributed by atoms with E-state index in [0.29, 0.717) is 5.92 Å². The average molecular weight is 190 g/mol. The van der Waals surface area contributed by atoms with Crippen LogP contribution in [-0.2, 0) is 0 Å². The molecule has 1 aliphatic heterocycles. The van der Waals surface area contributed by atoms with Crippen molar-refractivity contribution in [2.45, 2.75) is 13.8 Å². The lowest BCUT2D eigenvalue weighted by Crippen LogP contribution is -2.22. The van der Waals surface area contributed by atoms with Crippen molar-refractivity contribution >= 4 is 0 Å². The van der Waals surface area contributed by atoms with Crippen LogP contribution in [0.2, 0.25) is 0 Å². The summed E-state index contributed by atoms with van der Waals surface area (Å²) in [5.41, 5.74) is 2.88. The van der Waals surface area contributed by atoms with Gasteiger partial charge in [0.15, 0.2) is 0 Å². The first-order valence-corrected chi connectivity index (χ1v) is 4.87. The molecule has 2 nitrogen and oxygen atoms in total. The molecule has 0 unspecified atom stereocenters. The summed E-state index contributed by atoms with van der Waals surface area (Å²) in [5.74, 6) is 0.618. The fourth-order valence-corrected chi connectivity index (χ4v) is 1.18. The minimum absolute atomic E-state index is 0.618. The molecule has 0 atom stereocenters. The third-order valence-electron chi connectivity index (χ3n) is 1.99. The van der Waals surface area contributed by atoms with E-state index in [1.165, 1.54) is 0 Å². The van der Waals surface area contributed by atoms with Crippen molar-refractivity contribution in [3.05, 3.63) is 48.5 Å². The van der Waals surface area contributed by atoms with Gasteiger partial charge in [0.05, 0.1) is 0 Å². The topological polar surface area (TPSA) is 24.1 Å². The van der Waals surface area contributed by atoms with Gasteiger partial charge in [-0.15, -0.1) is 0 Å². The summed E-state index contributed by atoms with van der Waals surface area (Å²) in [7, 11) is 0. The molecule has 0 saturated heterocycles. The average Bonchev–Trinajstić information content (AvgIpc) is 2.15. The Hall–Kier alpha value is -1.44. The quantitative estimate of drug-likeness (QED) is 0.711. The van der Waals surface area contributed by atoms with E-state index in [-0.39, 0.29) is 0 Å². The maximum Gasteiger partial charge on any atom is 0.0401 e. The second kappa shape index (κ2) is 4.70. The molecular weight excluding hydrogens is 172 g/mol. The smallest absolute Gasteiger partial charge is 0.0401 e. The molecule has 0 radical (unpaired) electrons. The van der Waals surface area contributed by atoms with Crippen molar-refractivity contribution < 1.29 is 0 Å². The fraction of sp³-hybridized carbons (Fsp3) is 0.333. The molecule has 2 N–H and O–H groups in total. The molecule has 0 amide bonds. The SMILES string of the molecule is C=C1NC=CC=C1C(=C)NCC(C)C. The highest BCUT2D eigenvalue weighted by Crippen LogP contribution is 2.15. The van der Waals surface area contributed by atoms with E-state index in [4.69, 9.17) is 0 Å². The summed E-state index contributed by atoms with van der Waals surface area (Å²) in [6.45, 7) is 13.2. The van der Waals surface area contributed by atoms with Crippen LogP contribution in [0.3, 0.4) is 0 Å². The lowest BCUT2D eigenvalue weighted by molar-refractivity contribution is 0.599. The van der Waals surface area contributed by atoms with E-state index in [2.05, 4.69) is 37.6 Å². The number of dihydropyridines is 1. The number of rotatable bonds is 4. The number of hydrogen-bond donors (Lipinski definition) is 2. The van der Waals surface area contributed by atoms with Crippen LogP contribution in [-0.4, -0.2) is 6.54 Å². The maximum absolute atomic E-state index is 3.99. The number of allylic oxidation sites excluding steroid dienone is 2. The molecule has 14 heavy (non-hydrogen) atoms. The highest BCUT2D eigenvalue weighted by Gasteiger charge is 2.07. The molecule has 0 fully saturated rings. The van der Waals surface area contributed by atoms with E-state index in [0.717, 1.165) is 23.5 Å². The van der Waals surface area contributed by atoms with Crippen molar-refractivity contribution in [1.29, 1.82) is 0 Å². The minimum Gasteiger partial charge on any atom is -0.385 e. The van der Waals surface area contributed by atoms with Gasteiger partial charge in [0.1, 0.15) is 0 Å². The second-order valence-electron chi connectivity index (χ2n) is 3.82. The molecule has 0 saturated carbocycles. The van der Waals surface area contributed by atoms with Crippen LogP contribution in [0.1, 0.15) is 13.8 Å². The van der Waals surface area contributed by atoms with Gasteiger partial charge in [-0.1, -0.05) is 27.0 Å². The van der Waals surface area contributed by atoms with E-state index in [9.17, 15) is 0 Å². The van der Waals surface area contributed by atoms with E-state index in [1.807, 2.05) is 18.4 Å². The molecule has 1 rings (SSSR count). The summed E-state index contributed by atoms with van der Waals surface area (Å²) in [6, 6.07) is 0. The highest BCUT2D eigenvalue weighted by molar-refractivity contribution is 5.47. The Morgan fingerprint density at radius 3 is 2.86 bits per heavy atom. The van der Waals surface area contributed by atoms with Crippen molar-refractivity contribution in [3.8, 4) is 0 Å².